The monoisotopic (exact) mass is 650 g/mol. The quantitative estimate of drug-likeness (QED) is 0.304. The predicted octanol–water partition coefficient (Wildman–Crippen LogP) is 5.14. The summed E-state index contributed by atoms with van der Waals surface area (Å²) in [6.45, 7) is 13.0. The van der Waals surface area contributed by atoms with Crippen LogP contribution in [0.4, 0.5) is 4.79 Å². The number of likely N-dealkylation sites (tertiary alicyclic amines) is 1. The third-order valence-corrected chi connectivity index (χ3v) is 9.25. The van der Waals surface area contributed by atoms with Crippen LogP contribution in [-0.4, -0.2) is 84.4 Å². The Morgan fingerprint density at radius 3 is 2.37 bits per heavy atom. The molecule has 2 heterocycles. The molecule has 0 bridgehead atoms. The second-order valence-electron chi connectivity index (χ2n) is 14.0. The number of fused-ring (bicyclic) bond motifs is 2. The molecule has 1 fully saturated rings. The van der Waals surface area contributed by atoms with Crippen LogP contribution >= 0.6 is 11.8 Å². The topological polar surface area (TPSA) is 120 Å². The first-order valence-corrected chi connectivity index (χ1v) is 16.5. The number of carbonyl (C=O) groups is 4. The Morgan fingerprint density at radius 2 is 1.70 bits per heavy atom. The molecule has 1 unspecified atom stereocenters. The number of hydrogen-bond donors (Lipinski definition) is 1. The van der Waals surface area contributed by atoms with Crippen LogP contribution in [0, 0.1) is 0 Å². The first-order valence-electron chi connectivity index (χ1n) is 15.5. The zero-order chi connectivity index (χ0) is 33.3. The number of benzene rings is 2. The highest BCUT2D eigenvalue weighted by Gasteiger charge is 2.48. The summed E-state index contributed by atoms with van der Waals surface area (Å²) in [7, 11) is 0. The van der Waals surface area contributed by atoms with Gasteiger partial charge in [0.2, 0.25) is 11.6 Å². The van der Waals surface area contributed by atoms with Crippen molar-refractivity contribution >= 4 is 41.2 Å². The molecule has 1 saturated heterocycles. The van der Waals surface area contributed by atoms with Gasteiger partial charge in [0.1, 0.15) is 46.9 Å². The van der Waals surface area contributed by atoms with Crippen molar-refractivity contribution < 1.29 is 38.1 Å². The van der Waals surface area contributed by atoms with Gasteiger partial charge in [0.25, 0.3) is 0 Å². The van der Waals surface area contributed by atoms with Crippen molar-refractivity contribution in [2.45, 2.75) is 70.7 Å². The van der Waals surface area contributed by atoms with E-state index in [2.05, 4.69) is 31.0 Å². The summed E-state index contributed by atoms with van der Waals surface area (Å²) in [5.41, 5.74) is 0.905. The first kappa shape index (κ1) is 33.5. The molecule has 1 aliphatic carbocycles. The summed E-state index contributed by atoms with van der Waals surface area (Å²) in [5.74, 6) is -0.00388. The van der Waals surface area contributed by atoms with E-state index in [-0.39, 0.29) is 18.6 Å². The van der Waals surface area contributed by atoms with E-state index in [0.29, 0.717) is 59.3 Å². The van der Waals surface area contributed by atoms with Crippen LogP contribution in [0.2, 0.25) is 0 Å². The molecule has 0 aromatic heterocycles. The van der Waals surface area contributed by atoms with Crippen molar-refractivity contribution in [1.29, 1.82) is 0 Å². The minimum Gasteiger partial charge on any atom is -0.490 e. The van der Waals surface area contributed by atoms with Gasteiger partial charge in [0.05, 0.1) is 0 Å². The summed E-state index contributed by atoms with van der Waals surface area (Å²) >= 11 is 1.37. The molecule has 246 valence electrons. The van der Waals surface area contributed by atoms with Gasteiger partial charge in [-0.1, -0.05) is 57.2 Å². The van der Waals surface area contributed by atoms with E-state index in [4.69, 9.17) is 18.9 Å². The maximum absolute atomic E-state index is 12.8. The Hall–Kier alpha value is -3.83. The molecule has 5 rings (SSSR count). The standard InChI is InChI=1S/C35H42N2O8S/c1-33(2,3)22-11-13-23(14-12-22)42-19-24(43-27(38)17-36-32(41)45-34(4,5)6)18-37-16-15-35(20-37)21-46-31-29(40)28(39)25-9-7-8-10-26(25)30(31)44-35/h7-14,24H,15-21H2,1-6H3,(H,36,41)/t24-,35?/m0/s1. The van der Waals surface area contributed by atoms with Crippen LogP contribution in [0.3, 0.4) is 0 Å². The highest BCUT2D eigenvalue weighted by molar-refractivity contribution is 8.04. The third-order valence-electron chi connectivity index (χ3n) is 7.92. The van der Waals surface area contributed by atoms with Gasteiger partial charge in [0.15, 0.2) is 0 Å². The molecular weight excluding hydrogens is 608 g/mol. The normalized spacial score (nSPS) is 20.5. The summed E-state index contributed by atoms with van der Waals surface area (Å²) in [4.78, 5) is 52.9. The molecular formula is C35H42N2O8S. The highest BCUT2D eigenvalue weighted by Crippen LogP contribution is 2.46. The Balaban J connectivity index is 1.25. The summed E-state index contributed by atoms with van der Waals surface area (Å²) in [5, 5.41) is 2.45. The fourth-order valence-electron chi connectivity index (χ4n) is 5.63. The molecule has 46 heavy (non-hydrogen) atoms. The van der Waals surface area contributed by atoms with Crippen LogP contribution in [0.15, 0.2) is 53.4 Å². The summed E-state index contributed by atoms with van der Waals surface area (Å²) in [6.07, 6.45) is -0.661. The Bertz CT molecular complexity index is 1540. The molecule has 0 radical (unpaired) electrons. The summed E-state index contributed by atoms with van der Waals surface area (Å²) in [6, 6.07) is 14.9. The SMILES string of the molecule is CC(C)(C)OC(=O)NCC(=O)O[C@H](COc1ccc(C(C)(C)C)cc1)CN1CCC2(CSC3=C(O2)c2ccccc2C(=O)C3=O)C1. The number of Topliss-reactive ketones (excluding diaryl/α,β-unsaturated/α-hetero) is 2. The number of esters is 1. The molecule has 1 N–H and O–H groups in total. The second kappa shape index (κ2) is 13.1. The van der Waals surface area contributed by atoms with E-state index in [9.17, 15) is 19.2 Å². The molecule has 2 aromatic carbocycles. The minimum absolute atomic E-state index is 0.00223. The number of nitrogens with one attached hydrogen (secondary N) is 1. The molecule has 1 spiro atoms. The molecule has 1 amide bonds. The van der Waals surface area contributed by atoms with Crippen molar-refractivity contribution in [1.82, 2.24) is 10.2 Å². The predicted molar refractivity (Wildman–Crippen MR) is 175 cm³/mol. The molecule has 11 heteroatoms. The van der Waals surface area contributed by atoms with E-state index in [0.717, 1.165) is 0 Å². The lowest BCUT2D eigenvalue weighted by Crippen LogP contribution is -2.45. The zero-order valence-electron chi connectivity index (χ0n) is 27.3. The van der Waals surface area contributed by atoms with E-state index < -0.39 is 40.9 Å². The number of allylic oxidation sites excluding steroid dienone is 1. The zero-order valence-corrected chi connectivity index (χ0v) is 28.1. The third kappa shape index (κ3) is 7.93. The van der Waals surface area contributed by atoms with Gasteiger partial charge in [-0.2, -0.15) is 0 Å². The van der Waals surface area contributed by atoms with Crippen LogP contribution in [0.5, 0.6) is 5.75 Å². The van der Waals surface area contributed by atoms with Crippen molar-refractivity contribution in [2.75, 3.05) is 38.5 Å². The Kier molecular flexibility index (Phi) is 9.56. The van der Waals surface area contributed by atoms with E-state index in [1.54, 1.807) is 32.9 Å². The van der Waals surface area contributed by atoms with Gasteiger partial charge in [-0.25, -0.2) is 4.79 Å². The van der Waals surface area contributed by atoms with Crippen molar-refractivity contribution in [2.24, 2.45) is 0 Å². The fraction of sp³-hybridized carbons (Fsp3) is 0.486. The van der Waals surface area contributed by atoms with Crippen molar-refractivity contribution in [3.63, 3.8) is 0 Å². The number of carbonyl (C=O) groups excluding carboxylic acids is 4. The van der Waals surface area contributed by atoms with Gasteiger partial charge < -0.3 is 24.3 Å². The molecule has 2 aliphatic heterocycles. The van der Waals surface area contributed by atoms with Crippen molar-refractivity contribution in [3.05, 3.63) is 70.1 Å². The molecule has 10 nitrogen and oxygen atoms in total. The van der Waals surface area contributed by atoms with Gasteiger partial charge in [-0.15, -0.1) is 11.8 Å². The fourth-order valence-corrected chi connectivity index (χ4v) is 6.84. The molecule has 0 saturated carbocycles. The van der Waals surface area contributed by atoms with Crippen molar-refractivity contribution in [3.8, 4) is 5.75 Å². The highest BCUT2D eigenvalue weighted by atomic mass is 32.2. The van der Waals surface area contributed by atoms with Gasteiger partial charge >= 0.3 is 12.1 Å². The number of thioether (sulfide) groups is 1. The number of amides is 1. The average Bonchev–Trinajstić information content (AvgIpc) is 3.37. The average molecular weight is 651 g/mol. The van der Waals surface area contributed by atoms with E-state index in [1.165, 1.54) is 17.3 Å². The largest absolute Gasteiger partial charge is 0.490 e. The van der Waals surface area contributed by atoms with E-state index >= 15 is 0 Å². The number of alkyl carbamates (subject to hydrolysis) is 1. The summed E-state index contributed by atoms with van der Waals surface area (Å²) < 4.78 is 23.7. The Labute approximate surface area is 274 Å². The van der Waals surface area contributed by atoms with Gasteiger partial charge in [-0.3, -0.25) is 19.3 Å². The first-order chi connectivity index (χ1) is 21.6. The van der Waals surface area contributed by atoms with E-state index in [1.807, 2.05) is 36.4 Å². The van der Waals surface area contributed by atoms with Crippen LogP contribution < -0.4 is 10.1 Å². The van der Waals surface area contributed by atoms with Crippen LogP contribution in [0.25, 0.3) is 5.76 Å². The number of ether oxygens (including phenoxy) is 4. The minimum atomic E-state index is -0.706. The smallest absolute Gasteiger partial charge is 0.408 e. The number of rotatable bonds is 8. The maximum Gasteiger partial charge on any atom is 0.408 e. The second-order valence-corrected chi connectivity index (χ2v) is 15.0. The lowest BCUT2D eigenvalue weighted by atomic mass is 9.87. The number of hydrogen-bond acceptors (Lipinski definition) is 10. The maximum atomic E-state index is 12.8. The lowest BCUT2D eigenvalue weighted by molar-refractivity contribution is -0.150. The van der Waals surface area contributed by atoms with Gasteiger partial charge in [-0.05, 0) is 43.9 Å². The van der Waals surface area contributed by atoms with Crippen LogP contribution in [-0.2, 0) is 29.2 Å². The molecule has 3 aliphatic rings. The molecule has 2 atom stereocenters. The number of ketones is 2. The Morgan fingerprint density at radius 1 is 1.00 bits per heavy atom. The number of nitrogens with zero attached hydrogens (tertiary/aromatic N) is 1. The van der Waals surface area contributed by atoms with Crippen LogP contribution in [0.1, 0.15) is 69.4 Å². The van der Waals surface area contributed by atoms with Gasteiger partial charge in [0, 0.05) is 42.9 Å². The lowest BCUT2D eigenvalue weighted by Gasteiger charge is -2.38. The molecule has 2 aromatic rings.